The second-order valence-corrected chi connectivity index (χ2v) is 7.03. The van der Waals surface area contributed by atoms with E-state index in [0.717, 1.165) is 40.8 Å². The average molecular weight is 376 g/mol. The molecule has 3 aromatic carbocycles. The molecule has 0 unspecified atom stereocenters. The molecule has 140 valence electrons. The van der Waals surface area contributed by atoms with Crippen LogP contribution in [0.2, 0.25) is 0 Å². The van der Waals surface area contributed by atoms with Gasteiger partial charge < -0.3 is 0 Å². The topological polar surface area (TPSA) is 43.6 Å². The van der Waals surface area contributed by atoms with Gasteiger partial charge in [-0.15, -0.1) is 0 Å². The lowest BCUT2D eigenvalue weighted by atomic mass is 10.0. The first-order chi connectivity index (χ1) is 14.4. The fourth-order valence-electron chi connectivity index (χ4n) is 3.55. The summed E-state index contributed by atoms with van der Waals surface area (Å²) in [7, 11) is 0. The Morgan fingerprint density at radius 3 is 2.34 bits per heavy atom. The van der Waals surface area contributed by atoms with Gasteiger partial charge >= 0.3 is 0 Å². The largest absolute Gasteiger partial charge is 0.252 e. The number of hydrogen-bond acceptors (Lipinski definition) is 3. The standard InChI is InChI=1S/C25H20N4/c1-2-8-19(9-3-1)14-15-20-10-4-7-13-25(20)29-18-21(16-27-29)24-17-26-22-11-5-6-12-23(22)28-24/h1-13,16-18H,14-15H2. The predicted molar refractivity (Wildman–Crippen MR) is 116 cm³/mol. The molecule has 0 N–H and O–H groups in total. The molecular weight excluding hydrogens is 356 g/mol. The van der Waals surface area contributed by atoms with Crippen molar-refractivity contribution < 1.29 is 0 Å². The van der Waals surface area contributed by atoms with Gasteiger partial charge in [-0.05, 0) is 42.2 Å². The van der Waals surface area contributed by atoms with E-state index in [1.54, 1.807) is 0 Å². The zero-order chi connectivity index (χ0) is 19.5. The minimum atomic E-state index is 0.830. The van der Waals surface area contributed by atoms with Crippen molar-refractivity contribution in [2.45, 2.75) is 12.8 Å². The maximum Gasteiger partial charge on any atom is 0.0924 e. The average Bonchev–Trinajstić information content (AvgIpc) is 3.28. The van der Waals surface area contributed by atoms with Gasteiger partial charge in [0.25, 0.3) is 0 Å². The van der Waals surface area contributed by atoms with Crippen LogP contribution in [-0.2, 0) is 12.8 Å². The molecule has 0 atom stereocenters. The summed E-state index contributed by atoms with van der Waals surface area (Å²) in [5, 5.41) is 4.61. The third-order valence-electron chi connectivity index (χ3n) is 5.09. The molecule has 4 nitrogen and oxygen atoms in total. The van der Waals surface area contributed by atoms with Crippen molar-refractivity contribution in [2.24, 2.45) is 0 Å². The Bertz CT molecular complexity index is 1260. The van der Waals surface area contributed by atoms with Gasteiger partial charge in [0, 0.05) is 11.8 Å². The molecule has 5 rings (SSSR count). The Labute approximate surface area is 169 Å². The van der Waals surface area contributed by atoms with Crippen molar-refractivity contribution >= 4 is 11.0 Å². The molecule has 4 heteroatoms. The summed E-state index contributed by atoms with van der Waals surface area (Å²) in [6, 6.07) is 26.9. The van der Waals surface area contributed by atoms with E-state index in [-0.39, 0.29) is 0 Å². The van der Waals surface area contributed by atoms with Gasteiger partial charge in [-0.25, -0.2) is 9.67 Å². The quantitative estimate of drug-likeness (QED) is 0.420. The van der Waals surface area contributed by atoms with Crippen molar-refractivity contribution in [3.05, 3.63) is 109 Å². The summed E-state index contributed by atoms with van der Waals surface area (Å²) in [5.74, 6) is 0. The number of nitrogens with zero attached hydrogens (tertiary/aromatic N) is 4. The Balaban J connectivity index is 1.44. The molecule has 0 spiro atoms. The third-order valence-corrected chi connectivity index (χ3v) is 5.09. The minimum Gasteiger partial charge on any atom is -0.252 e. The number of hydrogen-bond donors (Lipinski definition) is 0. The van der Waals surface area contributed by atoms with E-state index in [1.165, 1.54) is 11.1 Å². The highest BCUT2D eigenvalue weighted by molar-refractivity contribution is 5.76. The Morgan fingerprint density at radius 1 is 0.690 bits per heavy atom. The van der Waals surface area contributed by atoms with Crippen LogP contribution in [-0.4, -0.2) is 19.7 Å². The molecule has 0 fully saturated rings. The molecule has 0 aliphatic heterocycles. The van der Waals surface area contributed by atoms with E-state index in [9.17, 15) is 0 Å². The van der Waals surface area contributed by atoms with Gasteiger partial charge in [0.05, 0.1) is 34.8 Å². The predicted octanol–water partition coefficient (Wildman–Crippen LogP) is 5.27. The van der Waals surface area contributed by atoms with E-state index < -0.39 is 0 Å². The molecule has 2 heterocycles. The minimum absolute atomic E-state index is 0.830. The summed E-state index contributed by atoms with van der Waals surface area (Å²) in [5.41, 5.74) is 7.29. The molecular formula is C25H20N4. The van der Waals surface area contributed by atoms with Crippen LogP contribution in [0.3, 0.4) is 0 Å². The van der Waals surface area contributed by atoms with Crippen LogP contribution in [0.4, 0.5) is 0 Å². The Kier molecular flexibility index (Phi) is 4.59. The zero-order valence-corrected chi connectivity index (χ0v) is 15.9. The smallest absolute Gasteiger partial charge is 0.0924 e. The van der Waals surface area contributed by atoms with Crippen LogP contribution in [0.25, 0.3) is 28.0 Å². The number of aryl methyl sites for hydroxylation is 2. The monoisotopic (exact) mass is 376 g/mol. The molecule has 0 radical (unpaired) electrons. The van der Waals surface area contributed by atoms with Crippen LogP contribution in [0.15, 0.2) is 97.5 Å². The molecule has 5 aromatic rings. The second kappa shape index (κ2) is 7.68. The molecule has 0 aliphatic rings. The lowest BCUT2D eigenvalue weighted by Gasteiger charge is -2.09. The molecule has 2 aromatic heterocycles. The van der Waals surface area contributed by atoms with Crippen LogP contribution < -0.4 is 0 Å². The SMILES string of the molecule is c1ccc(CCc2ccccc2-n2cc(-c3cnc4ccccc4n3)cn2)cc1. The summed E-state index contributed by atoms with van der Waals surface area (Å²) < 4.78 is 1.94. The van der Waals surface area contributed by atoms with Crippen molar-refractivity contribution in [1.82, 2.24) is 19.7 Å². The molecule has 0 saturated heterocycles. The first kappa shape index (κ1) is 17.3. The van der Waals surface area contributed by atoms with E-state index in [4.69, 9.17) is 4.98 Å². The van der Waals surface area contributed by atoms with Crippen LogP contribution in [0, 0.1) is 0 Å². The summed E-state index contributed by atoms with van der Waals surface area (Å²) in [4.78, 5) is 9.26. The second-order valence-electron chi connectivity index (χ2n) is 7.03. The zero-order valence-electron chi connectivity index (χ0n) is 15.9. The number of aromatic nitrogens is 4. The summed E-state index contributed by atoms with van der Waals surface area (Å²) in [6.07, 6.45) is 7.66. The third kappa shape index (κ3) is 3.65. The van der Waals surface area contributed by atoms with E-state index in [2.05, 4.69) is 64.7 Å². The fraction of sp³-hybridized carbons (Fsp3) is 0.0800. The Morgan fingerprint density at radius 2 is 1.45 bits per heavy atom. The van der Waals surface area contributed by atoms with Crippen LogP contribution in [0.5, 0.6) is 0 Å². The van der Waals surface area contributed by atoms with Gasteiger partial charge in [0.2, 0.25) is 0 Å². The maximum atomic E-state index is 4.74. The van der Waals surface area contributed by atoms with Crippen molar-refractivity contribution in [3.63, 3.8) is 0 Å². The first-order valence-electron chi connectivity index (χ1n) is 9.76. The molecule has 0 bridgehead atoms. The van der Waals surface area contributed by atoms with Crippen LogP contribution >= 0.6 is 0 Å². The maximum absolute atomic E-state index is 4.74. The van der Waals surface area contributed by atoms with Crippen molar-refractivity contribution in [1.29, 1.82) is 0 Å². The van der Waals surface area contributed by atoms with Gasteiger partial charge in [0.15, 0.2) is 0 Å². The van der Waals surface area contributed by atoms with Gasteiger partial charge in [-0.2, -0.15) is 5.10 Å². The normalized spacial score (nSPS) is 11.0. The molecule has 29 heavy (non-hydrogen) atoms. The van der Waals surface area contributed by atoms with Gasteiger partial charge in [-0.1, -0.05) is 60.7 Å². The molecule has 0 amide bonds. The first-order valence-corrected chi connectivity index (χ1v) is 9.76. The number of para-hydroxylation sites is 3. The highest BCUT2D eigenvalue weighted by atomic mass is 15.3. The molecule has 0 aliphatic carbocycles. The van der Waals surface area contributed by atoms with E-state index >= 15 is 0 Å². The van der Waals surface area contributed by atoms with E-state index in [1.807, 2.05) is 47.5 Å². The number of benzene rings is 3. The summed E-state index contributed by atoms with van der Waals surface area (Å²) in [6.45, 7) is 0. The van der Waals surface area contributed by atoms with E-state index in [0.29, 0.717) is 0 Å². The number of fused-ring (bicyclic) bond motifs is 1. The molecule has 0 saturated carbocycles. The number of rotatable bonds is 5. The Hall–Kier alpha value is -3.79. The lowest BCUT2D eigenvalue weighted by Crippen LogP contribution is -2.01. The summed E-state index contributed by atoms with van der Waals surface area (Å²) >= 11 is 0. The lowest BCUT2D eigenvalue weighted by molar-refractivity contribution is 0.848. The fourth-order valence-corrected chi connectivity index (χ4v) is 3.55. The van der Waals surface area contributed by atoms with Crippen molar-refractivity contribution in [3.8, 4) is 16.9 Å². The highest BCUT2D eigenvalue weighted by Crippen LogP contribution is 2.22. The van der Waals surface area contributed by atoms with Gasteiger partial charge in [0.1, 0.15) is 0 Å². The van der Waals surface area contributed by atoms with Gasteiger partial charge in [-0.3, -0.25) is 4.98 Å². The highest BCUT2D eigenvalue weighted by Gasteiger charge is 2.09. The van der Waals surface area contributed by atoms with Crippen molar-refractivity contribution in [2.75, 3.05) is 0 Å². The van der Waals surface area contributed by atoms with Crippen LogP contribution in [0.1, 0.15) is 11.1 Å².